The Morgan fingerprint density at radius 2 is 1.74 bits per heavy atom. The molecular weight excluding hydrogens is 436 g/mol. The summed E-state index contributed by atoms with van der Waals surface area (Å²) in [5, 5.41) is 5.50. The molecule has 7 heteroatoms. The molecule has 3 heterocycles. The number of likely N-dealkylation sites (N-methyl/N-ethyl adjacent to an activating group) is 1. The van der Waals surface area contributed by atoms with Gasteiger partial charge in [0.05, 0.1) is 29.0 Å². The normalized spacial score (nSPS) is 14.9. The molecule has 4 aromatic rings. The maximum absolute atomic E-state index is 13.7. The molecule has 1 fully saturated rings. The van der Waals surface area contributed by atoms with Crippen molar-refractivity contribution in [2.45, 2.75) is 13.0 Å². The summed E-state index contributed by atoms with van der Waals surface area (Å²) < 4.78 is 1.92. The van der Waals surface area contributed by atoms with Crippen LogP contribution in [0.1, 0.15) is 22.5 Å². The van der Waals surface area contributed by atoms with Crippen LogP contribution in [-0.4, -0.2) is 81.7 Å². The molecular formula is C28H32N6O. The molecule has 0 unspecified atom stereocenters. The molecule has 0 radical (unpaired) electrons. The van der Waals surface area contributed by atoms with E-state index < -0.39 is 0 Å². The van der Waals surface area contributed by atoms with Crippen LogP contribution in [0.2, 0.25) is 0 Å². The molecule has 1 aliphatic heterocycles. The van der Waals surface area contributed by atoms with Crippen molar-refractivity contribution in [1.29, 1.82) is 0 Å². The highest BCUT2D eigenvalue weighted by atomic mass is 16.2. The zero-order valence-electron chi connectivity index (χ0n) is 20.3. The second-order valence-electron chi connectivity index (χ2n) is 9.21. The van der Waals surface area contributed by atoms with E-state index in [1.165, 1.54) is 0 Å². The largest absolute Gasteiger partial charge is 0.333 e. The second kappa shape index (κ2) is 10.8. The molecule has 180 valence electrons. The van der Waals surface area contributed by atoms with Gasteiger partial charge in [-0.05, 0) is 50.3 Å². The van der Waals surface area contributed by atoms with E-state index in [9.17, 15) is 4.79 Å². The summed E-state index contributed by atoms with van der Waals surface area (Å²) in [6, 6.07) is 21.9. The average molecular weight is 469 g/mol. The average Bonchev–Trinajstić information content (AvgIpc) is 3.37. The molecule has 0 spiro atoms. The Morgan fingerprint density at radius 1 is 0.971 bits per heavy atom. The van der Waals surface area contributed by atoms with Crippen molar-refractivity contribution in [3.05, 3.63) is 90.4 Å². The number of aromatic nitrogens is 3. The van der Waals surface area contributed by atoms with Crippen LogP contribution in [0.4, 0.5) is 0 Å². The zero-order chi connectivity index (χ0) is 24.0. The fourth-order valence-corrected chi connectivity index (χ4v) is 4.63. The van der Waals surface area contributed by atoms with Crippen LogP contribution in [0, 0.1) is 0 Å². The summed E-state index contributed by atoms with van der Waals surface area (Å²) in [6.45, 7) is 6.52. The lowest BCUT2D eigenvalue weighted by molar-refractivity contribution is 0.0725. The van der Waals surface area contributed by atoms with E-state index in [0.717, 1.165) is 61.4 Å². The van der Waals surface area contributed by atoms with Gasteiger partial charge in [0.15, 0.2) is 0 Å². The number of carbonyl (C=O) groups excluding carboxylic acids is 1. The van der Waals surface area contributed by atoms with Gasteiger partial charge in [-0.3, -0.25) is 9.78 Å². The predicted octanol–water partition coefficient (Wildman–Crippen LogP) is 3.70. The predicted molar refractivity (Wildman–Crippen MR) is 139 cm³/mol. The number of amides is 1. The van der Waals surface area contributed by atoms with E-state index in [1.807, 2.05) is 76.3 Å². The lowest BCUT2D eigenvalue weighted by atomic mass is 10.1. The molecule has 0 N–H and O–H groups in total. The SMILES string of the molecule is CN1CCN(CCCN(Cc2ccnn2-c2ccccc2)C(=O)c2cnc3ccccc3c2)CC1. The minimum Gasteiger partial charge on any atom is -0.333 e. The summed E-state index contributed by atoms with van der Waals surface area (Å²) in [5.74, 6) is 0.00226. The van der Waals surface area contributed by atoms with Gasteiger partial charge in [0.25, 0.3) is 5.91 Å². The van der Waals surface area contributed by atoms with Gasteiger partial charge in [-0.25, -0.2) is 4.68 Å². The van der Waals surface area contributed by atoms with Crippen LogP contribution in [0.5, 0.6) is 0 Å². The first-order valence-corrected chi connectivity index (χ1v) is 12.3. The summed E-state index contributed by atoms with van der Waals surface area (Å²) in [4.78, 5) is 25.1. The third-order valence-corrected chi connectivity index (χ3v) is 6.70. The molecule has 0 aliphatic carbocycles. The van der Waals surface area contributed by atoms with E-state index >= 15 is 0 Å². The quantitative estimate of drug-likeness (QED) is 0.395. The molecule has 2 aromatic heterocycles. The van der Waals surface area contributed by atoms with Gasteiger partial charge in [-0.15, -0.1) is 0 Å². The van der Waals surface area contributed by atoms with E-state index in [1.54, 1.807) is 12.4 Å². The van der Waals surface area contributed by atoms with Crippen molar-refractivity contribution in [1.82, 2.24) is 29.5 Å². The van der Waals surface area contributed by atoms with Crippen LogP contribution in [-0.2, 0) is 6.54 Å². The highest BCUT2D eigenvalue weighted by Crippen LogP contribution is 2.18. The van der Waals surface area contributed by atoms with Crippen molar-refractivity contribution in [2.24, 2.45) is 0 Å². The Morgan fingerprint density at radius 3 is 2.57 bits per heavy atom. The van der Waals surface area contributed by atoms with Gasteiger partial charge in [0.2, 0.25) is 0 Å². The minimum absolute atomic E-state index is 0.00226. The molecule has 1 saturated heterocycles. The van der Waals surface area contributed by atoms with Gasteiger partial charge >= 0.3 is 0 Å². The fraction of sp³-hybridized carbons (Fsp3) is 0.321. The topological polar surface area (TPSA) is 57.5 Å². The summed E-state index contributed by atoms with van der Waals surface area (Å²) in [5.41, 5.74) is 3.49. The highest BCUT2D eigenvalue weighted by molar-refractivity contribution is 5.97. The Hall–Kier alpha value is -3.55. The maximum atomic E-state index is 13.7. The number of rotatable bonds is 8. The lowest BCUT2D eigenvalue weighted by Crippen LogP contribution is -2.45. The Bertz CT molecular complexity index is 1260. The maximum Gasteiger partial charge on any atom is 0.255 e. The monoisotopic (exact) mass is 468 g/mol. The number of piperazine rings is 1. The van der Waals surface area contributed by atoms with Gasteiger partial charge in [-0.2, -0.15) is 5.10 Å². The van der Waals surface area contributed by atoms with Gasteiger partial charge < -0.3 is 14.7 Å². The summed E-state index contributed by atoms with van der Waals surface area (Å²) in [6.07, 6.45) is 4.43. The van der Waals surface area contributed by atoms with Crippen molar-refractivity contribution in [3.63, 3.8) is 0 Å². The molecule has 0 atom stereocenters. The number of para-hydroxylation sites is 2. The molecule has 7 nitrogen and oxygen atoms in total. The van der Waals surface area contributed by atoms with Crippen LogP contribution in [0.15, 0.2) is 79.1 Å². The zero-order valence-corrected chi connectivity index (χ0v) is 20.3. The molecule has 35 heavy (non-hydrogen) atoms. The van der Waals surface area contributed by atoms with E-state index in [-0.39, 0.29) is 5.91 Å². The molecule has 5 rings (SSSR count). The van der Waals surface area contributed by atoms with Crippen molar-refractivity contribution in [3.8, 4) is 5.69 Å². The van der Waals surface area contributed by atoms with E-state index in [2.05, 4.69) is 26.9 Å². The number of pyridine rings is 1. The minimum atomic E-state index is 0.00226. The highest BCUT2D eigenvalue weighted by Gasteiger charge is 2.20. The number of hydrogen-bond acceptors (Lipinski definition) is 5. The van der Waals surface area contributed by atoms with Gasteiger partial charge in [-0.1, -0.05) is 36.4 Å². The van der Waals surface area contributed by atoms with Crippen LogP contribution < -0.4 is 0 Å². The van der Waals surface area contributed by atoms with Gasteiger partial charge in [0.1, 0.15) is 0 Å². The Balaban J connectivity index is 1.36. The molecule has 0 bridgehead atoms. The van der Waals surface area contributed by atoms with Crippen LogP contribution in [0.25, 0.3) is 16.6 Å². The molecule has 1 aliphatic rings. The first-order chi connectivity index (χ1) is 17.2. The number of fused-ring (bicyclic) bond motifs is 1. The standard InChI is InChI=1S/C28H32N6O/c1-31-16-18-32(19-17-31)14-7-15-33(22-26-12-13-30-34(26)25-9-3-2-4-10-25)28(35)24-20-23-8-5-6-11-27(23)29-21-24/h2-6,8-13,20-21H,7,14-19,22H2,1H3. The molecule has 2 aromatic carbocycles. The van der Waals surface area contributed by atoms with Crippen molar-refractivity contribution < 1.29 is 4.79 Å². The lowest BCUT2D eigenvalue weighted by Gasteiger charge is -2.33. The van der Waals surface area contributed by atoms with E-state index in [4.69, 9.17) is 0 Å². The number of benzene rings is 2. The molecule has 0 saturated carbocycles. The molecule has 1 amide bonds. The summed E-state index contributed by atoms with van der Waals surface area (Å²) >= 11 is 0. The van der Waals surface area contributed by atoms with Crippen LogP contribution >= 0.6 is 0 Å². The Kier molecular flexibility index (Phi) is 7.16. The number of hydrogen-bond donors (Lipinski definition) is 0. The van der Waals surface area contributed by atoms with Crippen LogP contribution in [0.3, 0.4) is 0 Å². The van der Waals surface area contributed by atoms with Crippen molar-refractivity contribution >= 4 is 16.8 Å². The summed E-state index contributed by atoms with van der Waals surface area (Å²) in [7, 11) is 2.17. The second-order valence-corrected chi connectivity index (χ2v) is 9.21. The third kappa shape index (κ3) is 5.58. The first-order valence-electron chi connectivity index (χ1n) is 12.3. The number of nitrogens with zero attached hydrogens (tertiary/aromatic N) is 6. The first kappa shape index (κ1) is 23.2. The smallest absolute Gasteiger partial charge is 0.255 e. The number of carbonyl (C=O) groups is 1. The fourth-order valence-electron chi connectivity index (χ4n) is 4.63. The van der Waals surface area contributed by atoms with Crippen molar-refractivity contribution in [2.75, 3.05) is 46.3 Å². The Labute approximate surface area is 206 Å². The third-order valence-electron chi connectivity index (χ3n) is 6.70. The van der Waals surface area contributed by atoms with Gasteiger partial charge in [0, 0.05) is 50.5 Å². The van der Waals surface area contributed by atoms with E-state index in [0.29, 0.717) is 18.7 Å².